The molecule has 0 aliphatic rings. The molecule has 0 atom stereocenters. The smallest absolute Gasteiger partial charge is 0.255 e. The Morgan fingerprint density at radius 2 is 1.65 bits per heavy atom. The van der Waals surface area contributed by atoms with E-state index in [0.29, 0.717) is 11.3 Å². The van der Waals surface area contributed by atoms with Gasteiger partial charge in [0.1, 0.15) is 5.82 Å². The number of benzene rings is 3. The fraction of sp³-hybridized carbons (Fsp3) is 0.250. The Kier molecular flexibility index (Phi) is 6.98. The lowest BCUT2D eigenvalue weighted by Gasteiger charge is -2.13. The van der Waals surface area contributed by atoms with Gasteiger partial charge in [0.25, 0.3) is 5.91 Å². The maximum Gasteiger partial charge on any atom is 0.255 e. The average molecular weight is 459 g/mol. The van der Waals surface area contributed by atoms with Crippen molar-refractivity contribution in [3.8, 4) is 0 Å². The molecule has 0 aliphatic heterocycles. The number of hydrogen-bond acceptors (Lipinski definition) is 3. The molecule has 34 heavy (non-hydrogen) atoms. The summed E-state index contributed by atoms with van der Waals surface area (Å²) in [6, 6.07) is 19.5. The Morgan fingerprint density at radius 1 is 0.941 bits per heavy atom. The molecule has 176 valence electrons. The number of amides is 1. The van der Waals surface area contributed by atoms with Crippen molar-refractivity contribution >= 4 is 33.9 Å². The molecule has 1 amide bonds. The van der Waals surface area contributed by atoms with Crippen LogP contribution in [0.15, 0.2) is 66.7 Å². The minimum absolute atomic E-state index is 0.244. The maximum absolute atomic E-state index is 13.1. The minimum Gasteiger partial charge on any atom is -0.355 e. The SMILES string of the molecule is Cc1c(C)n(CCCN(C)C)c2ccc(Nc3cccc(C(=O)Nc4ccc(F)cc4)c3)cc12. The van der Waals surface area contributed by atoms with Crippen LogP contribution in [0.2, 0.25) is 0 Å². The third-order valence-corrected chi connectivity index (χ3v) is 6.14. The van der Waals surface area contributed by atoms with Crippen LogP contribution in [0.25, 0.3) is 10.9 Å². The van der Waals surface area contributed by atoms with Gasteiger partial charge in [0, 0.05) is 45.8 Å². The molecule has 0 fully saturated rings. The van der Waals surface area contributed by atoms with Crippen LogP contribution in [-0.2, 0) is 6.54 Å². The van der Waals surface area contributed by atoms with Gasteiger partial charge in [0.2, 0.25) is 0 Å². The minimum atomic E-state index is -0.337. The molecule has 3 aromatic carbocycles. The summed E-state index contributed by atoms with van der Waals surface area (Å²) < 4.78 is 15.5. The second-order valence-corrected chi connectivity index (χ2v) is 8.92. The molecule has 0 spiro atoms. The zero-order chi connectivity index (χ0) is 24.2. The Balaban J connectivity index is 1.51. The van der Waals surface area contributed by atoms with Crippen molar-refractivity contribution in [1.82, 2.24) is 9.47 Å². The number of aryl methyl sites for hydroxylation is 2. The van der Waals surface area contributed by atoms with E-state index < -0.39 is 0 Å². The van der Waals surface area contributed by atoms with Crippen LogP contribution in [0.4, 0.5) is 21.5 Å². The zero-order valence-corrected chi connectivity index (χ0v) is 20.2. The predicted molar refractivity (Wildman–Crippen MR) is 139 cm³/mol. The van der Waals surface area contributed by atoms with Gasteiger partial charge in [-0.05, 0) is 107 Å². The molecule has 4 rings (SSSR count). The Hall–Kier alpha value is -3.64. The highest BCUT2D eigenvalue weighted by atomic mass is 19.1. The van der Waals surface area contributed by atoms with E-state index >= 15 is 0 Å². The van der Waals surface area contributed by atoms with Crippen molar-refractivity contribution in [2.24, 2.45) is 0 Å². The van der Waals surface area contributed by atoms with Gasteiger partial charge >= 0.3 is 0 Å². The van der Waals surface area contributed by atoms with Crippen molar-refractivity contribution in [3.63, 3.8) is 0 Å². The van der Waals surface area contributed by atoms with E-state index in [9.17, 15) is 9.18 Å². The second kappa shape index (κ2) is 10.1. The van der Waals surface area contributed by atoms with Crippen molar-refractivity contribution in [2.45, 2.75) is 26.8 Å². The number of carbonyl (C=O) groups is 1. The summed E-state index contributed by atoms with van der Waals surface area (Å²) in [5, 5.41) is 7.47. The highest BCUT2D eigenvalue weighted by Crippen LogP contribution is 2.29. The number of fused-ring (bicyclic) bond motifs is 1. The molecule has 0 saturated carbocycles. The topological polar surface area (TPSA) is 49.3 Å². The average Bonchev–Trinajstić information content (AvgIpc) is 3.05. The van der Waals surface area contributed by atoms with Gasteiger partial charge in [-0.1, -0.05) is 6.07 Å². The number of nitrogens with one attached hydrogen (secondary N) is 2. The van der Waals surface area contributed by atoms with E-state index in [1.165, 1.54) is 34.3 Å². The largest absolute Gasteiger partial charge is 0.355 e. The van der Waals surface area contributed by atoms with Gasteiger partial charge in [0.05, 0.1) is 0 Å². The quantitative estimate of drug-likeness (QED) is 0.324. The number of aromatic nitrogens is 1. The molecule has 0 aliphatic carbocycles. The van der Waals surface area contributed by atoms with Crippen LogP contribution in [-0.4, -0.2) is 36.0 Å². The molecule has 0 bridgehead atoms. The summed E-state index contributed by atoms with van der Waals surface area (Å²) in [5.74, 6) is -0.581. The summed E-state index contributed by atoms with van der Waals surface area (Å²) in [6.07, 6.45) is 1.10. The summed E-state index contributed by atoms with van der Waals surface area (Å²) in [7, 11) is 4.20. The zero-order valence-electron chi connectivity index (χ0n) is 20.2. The van der Waals surface area contributed by atoms with Crippen molar-refractivity contribution in [1.29, 1.82) is 0 Å². The van der Waals surface area contributed by atoms with E-state index in [2.05, 4.69) is 66.2 Å². The number of rotatable bonds is 8. The first kappa shape index (κ1) is 23.5. The number of nitrogens with zero attached hydrogens (tertiary/aromatic N) is 2. The Bertz CT molecular complexity index is 1310. The number of carbonyl (C=O) groups excluding carboxylic acids is 1. The molecule has 4 aromatic rings. The third-order valence-electron chi connectivity index (χ3n) is 6.14. The molecule has 1 heterocycles. The standard InChI is InChI=1S/C28H31FN4O/c1-19-20(2)33(16-6-15-32(3)4)27-14-13-25(18-26(19)27)30-24-8-5-7-21(17-24)28(34)31-23-11-9-22(29)10-12-23/h5,7-14,17-18,30H,6,15-16H2,1-4H3,(H,31,34). The van der Waals surface area contributed by atoms with E-state index in [4.69, 9.17) is 0 Å². The number of anilines is 3. The van der Waals surface area contributed by atoms with Gasteiger partial charge in [-0.3, -0.25) is 4.79 Å². The maximum atomic E-state index is 13.1. The lowest BCUT2D eigenvalue weighted by atomic mass is 10.1. The van der Waals surface area contributed by atoms with E-state index in [1.807, 2.05) is 18.2 Å². The van der Waals surface area contributed by atoms with Crippen LogP contribution in [0.5, 0.6) is 0 Å². The summed E-state index contributed by atoms with van der Waals surface area (Å²) in [6.45, 7) is 6.40. The van der Waals surface area contributed by atoms with Crippen LogP contribution in [0, 0.1) is 19.7 Å². The van der Waals surface area contributed by atoms with Gasteiger partial charge < -0.3 is 20.1 Å². The monoisotopic (exact) mass is 458 g/mol. The van der Waals surface area contributed by atoms with Gasteiger partial charge in [-0.2, -0.15) is 0 Å². The molecule has 0 radical (unpaired) electrons. The highest BCUT2D eigenvalue weighted by Gasteiger charge is 2.12. The van der Waals surface area contributed by atoms with Crippen LogP contribution in [0.1, 0.15) is 28.0 Å². The molecule has 6 heteroatoms. The second-order valence-electron chi connectivity index (χ2n) is 8.92. The van der Waals surface area contributed by atoms with Crippen LogP contribution < -0.4 is 10.6 Å². The van der Waals surface area contributed by atoms with Gasteiger partial charge in [-0.25, -0.2) is 4.39 Å². The molecule has 5 nitrogen and oxygen atoms in total. The molecular weight excluding hydrogens is 427 g/mol. The van der Waals surface area contributed by atoms with Crippen LogP contribution in [0.3, 0.4) is 0 Å². The van der Waals surface area contributed by atoms with Crippen molar-refractivity contribution in [2.75, 3.05) is 31.3 Å². The number of hydrogen-bond donors (Lipinski definition) is 2. The van der Waals surface area contributed by atoms with Crippen LogP contribution >= 0.6 is 0 Å². The summed E-state index contributed by atoms with van der Waals surface area (Å²) in [4.78, 5) is 14.9. The Labute approximate surface area is 200 Å². The molecule has 1 aromatic heterocycles. The predicted octanol–water partition coefficient (Wildman–Crippen LogP) is 6.34. The lowest BCUT2D eigenvalue weighted by molar-refractivity contribution is 0.102. The fourth-order valence-corrected chi connectivity index (χ4v) is 4.20. The molecule has 0 saturated heterocycles. The first-order chi connectivity index (χ1) is 16.3. The normalized spacial score (nSPS) is 11.2. The lowest BCUT2D eigenvalue weighted by Crippen LogP contribution is -2.15. The van der Waals surface area contributed by atoms with Gasteiger partial charge in [-0.15, -0.1) is 0 Å². The van der Waals surface area contributed by atoms with E-state index in [-0.39, 0.29) is 11.7 Å². The molecule has 0 unspecified atom stereocenters. The van der Waals surface area contributed by atoms with Gasteiger partial charge in [0.15, 0.2) is 0 Å². The summed E-state index contributed by atoms with van der Waals surface area (Å²) >= 11 is 0. The molecular formula is C28H31FN4O. The highest BCUT2D eigenvalue weighted by molar-refractivity contribution is 6.05. The number of halogens is 1. The first-order valence-corrected chi connectivity index (χ1v) is 11.5. The first-order valence-electron chi connectivity index (χ1n) is 11.5. The van der Waals surface area contributed by atoms with Crippen molar-refractivity contribution < 1.29 is 9.18 Å². The van der Waals surface area contributed by atoms with E-state index in [0.717, 1.165) is 30.9 Å². The fourth-order valence-electron chi connectivity index (χ4n) is 4.20. The molecule has 2 N–H and O–H groups in total. The summed E-state index contributed by atoms with van der Waals surface area (Å²) in [5.41, 5.74) is 6.70. The van der Waals surface area contributed by atoms with Crippen molar-refractivity contribution in [3.05, 3.63) is 89.4 Å². The third kappa shape index (κ3) is 5.29. The van der Waals surface area contributed by atoms with E-state index in [1.54, 1.807) is 18.2 Å². The Morgan fingerprint density at radius 3 is 2.38 bits per heavy atom.